The maximum Gasteiger partial charge on any atom is 0.270 e. The quantitative estimate of drug-likeness (QED) is 0.927. The van der Waals surface area contributed by atoms with E-state index in [4.69, 9.17) is 5.11 Å². The van der Waals surface area contributed by atoms with E-state index in [1.54, 1.807) is 4.90 Å². The predicted molar refractivity (Wildman–Crippen MR) is 69.0 cm³/mol. The minimum absolute atomic E-state index is 0.0501. The van der Waals surface area contributed by atoms with Crippen LogP contribution >= 0.6 is 15.9 Å². The largest absolute Gasteiger partial charge is 0.396 e. The second-order valence-electron chi connectivity index (χ2n) is 4.80. The highest BCUT2D eigenvalue weighted by Crippen LogP contribution is 2.24. The summed E-state index contributed by atoms with van der Waals surface area (Å²) in [5, 5.41) is 8.95. The fourth-order valence-corrected chi connectivity index (χ4v) is 2.49. The Hall–Kier alpha value is -0.810. The first-order valence-corrected chi connectivity index (χ1v) is 6.59. The molecule has 2 heterocycles. The van der Waals surface area contributed by atoms with E-state index in [9.17, 15) is 4.79 Å². The summed E-state index contributed by atoms with van der Waals surface area (Å²) < 4.78 is 2.90. The van der Waals surface area contributed by atoms with Crippen molar-refractivity contribution in [3.8, 4) is 0 Å². The highest BCUT2D eigenvalue weighted by molar-refractivity contribution is 9.10. The average molecular weight is 301 g/mol. The van der Waals surface area contributed by atoms with Gasteiger partial charge in [-0.1, -0.05) is 0 Å². The Morgan fingerprint density at radius 1 is 1.59 bits per heavy atom. The van der Waals surface area contributed by atoms with Gasteiger partial charge in [0.1, 0.15) is 5.69 Å². The lowest BCUT2D eigenvalue weighted by atomic mass is 10.0. The number of rotatable bonds is 3. The first-order valence-electron chi connectivity index (χ1n) is 5.80. The van der Waals surface area contributed by atoms with Crippen LogP contribution in [0.4, 0.5) is 0 Å². The van der Waals surface area contributed by atoms with E-state index < -0.39 is 0 Å². The molecule has 1 aromatic rings. The van der Waals surface area contributed by atoms with Crippen LogP contribution < -0.4 is 0 Å². The van der Waals surface area contributed by atoms with Gasteiger partial charge in [0, 0.05) is 42.3 Å². The maximum atomic E-state index is 12.2. The number of hydrogen-bond donors (Lipinski definition) is 1. The number of carbonyl (C=O) groups excluding carboxylic acids is 1. The molecule has 0 radical (unpaired) electrons. The first kappa shape index (κ1) is 12.6. The molecule has 4 nitrogen and oxygen atoms in total. The van der Waals surface area contributed by atoms with Crippen molar-refractivity contribution >= 4 is 21.8 Å². The molecule has 0 unspecified atom stereocenters. The Kier molecular flexibility index (Phi) is 3.58. The van der Waals surface area contributed by atoms with Gasteiger partial charge in [0.25, 0.3) is 5.91 Å². The first-order chi connectivity index (χ1) is 8.02. The molecular weight excluding hydrogens is 284 g/mol. The zero-order chi connectivity index (χ0) is 12.6. The monoisotopic (exact) mass is 300 g/mol. The number of nitrogens with zero attached hydrogens (tertiary/aromatic N) is 2. The van der Waals surface area contributed by atoms with Crippen molar-refractivity contribution in [3.05, 3.63) is 22.4 Å². The molecule has 1 fully saturated rings. The van der Waals surface area contributed by atoms with Crippen molar-refractivity contribution in [2.45, 2.75) is 19.9 Å². The predicted octanol–water partition coefficient (Wildman–Crippen LogP) is 1.90. The summed E-state index contributed by atoms with van der Waals surface area (Å²) in [6.07, 6.45) is 1.93. The fraction of sp³-hybridized carbons (Fsp3) is 0.583. The number of aliphatic hydroxyl groups is 1. The Morgan fingerprint density at radius 3 is 2.76 bits per heavy atom. The summed E-state index contributed by atoms with van der Waals surface area (Å²) in [5.41, 5.74) is 0.711. The van der Waals surface area contributed by atoms with Gasteiger partial charge in [-0.3, -0.25) is 4.79 Å². The number of carbonyl (C=O) groups is 1. The topological polar surface area (TPSA) is 45.5 Å². The van der Waals surface area contributed by atoms with Crippen LogP contribution in [0.1, 0.15) is 30.4 Å². The Labute approximate surface area is 109 Å². The zero-order valence-electron chi connectivity index (χ0n) is 10.1. The van der Waals surface area contributed by atoms with Gasteiger partial charge in [0.05, 0.1) is 0 Å². The summed E-state index contributed by atoms with van der Waals surface area (Å²) in [7, 11) is 0. The van der Waals surface area contributed by atoms with Crippen molar-refractivity contribution in [3.63, 3.8) is 0 Å². The van der Waals surface area contributed by atoms with Gasteiger partial charge in [0.15, 0.2) is 0 Å². The van der Waals surface area contributed by atoms with Crippen LogP contribution in [-0.2, 0) is 0 Å². The Morgan fingerprint density at radius 2 is 2.24 bits per heavy atom. The van der Waals surface area contributed by atoms with E-state index in [0.717, 1.165) is 4.47 Å². The van der Waals surface area contributed by atoms with Crippen LogP contribution in [0.5, 0.6) is 0 Å². The molecule has 94 valence electrons. The highest BCUT2D eigenvalue weighted by Gasteiger charge is 2.32. The lowest BCUT2D eigenvalue weighted by Crippen LogP contribution is -2.51. The number of aromatic nitrogens is 1. The van der Waals surface area contributed by atoms with Gasteiger partial charge in [-0.2, -0.15) is 0 Å². The summed E-state index contributed by atoms with van der Waals surface area (Å²) in [5.74, 6) is 0.305. The second-order valence-corrected chi connectivity index (χ2v) is 5.72. The molecule has 1 aliphatic rings. The molecule has 17 heavy (non-hydrogen) atoms. The van der Waals surface area contributed by atoms with Crippen LogP contribution in [0.25, 0.3) is 0 Å². The van der Waals surface area contributed by atoms with Crippen molar-refractivity contribution in [1.29, 1.82) is 0 Å². The molecule has 0 atom stereocenters. The average Bonchev–Trinajstić information content (AvgIpc) is 2.58. The van der Waals surface area contributed by atoms with Gasteiger partial charge in [-0.15, -0.1) is 0 Å². The summed E-state index contributed by atoms with van der Waals surface area (Å²) in [4.78, 5) is 14.0. The van der Waals surface area contributed by atoms with E-state index in [0.29, 0.717) is 18.8 Å². The van der Waals surface area contributed by atoms with Crippen molar-refractivity contribution in [2.75, 3.05) is 19.7 Å². The van der Waals surface area contributed by atoms with Crippen LogP contribution in [0.3, 0.4) is 0 Å². The molecule has 5 heteroatoms. The number of likely N-dealkylation sites (tertiary alicyclic amines) is 1. The van der Waals surface area contributed by atoms with Crippen LogP contribution in [0, 0.1) is 5.92 Å². The molecular formula is C12H17BrN2O2. The summed E-state index contributed by atoms with van der Waals surface area (Å²) in [6.45, 7) is 5.59. The standard InChI is InChI=1S/C12H17BrN2O2/c1-8(2)15-6-10(13)3-11(15)12(17)14-4-9(5-14)7-16/h3,6,8-9,16H,4-5,7H2,1-2H3. The third kappa shape index (κ3) is 2.40. The maximum absolute atomic E-state index is 12.2. The number of aliphatic hydroxyl groups excluding tert-OH is 1. The summed E-state index contributed by atoms with van der Waals surface area (Å²) in [6, 6.07) is 2.12. The van der Waals surface area contributed by atoms with Crippen molar-refractivity contribution in [2.24, 2.45) is 5.92 Å². The SMILES string of the molecule is CC(C)n1cc(Br)cc1C(=O)N1CC(CO)C1. The molecule has 1 amide bonds. The van der Waals surface area contributed by atoms with Gasteiger partial charge in [0.2, 0.25) is 0 Å². The molecule has 1 aromatic heterocycles. The van der Waals surface area contributed by atoms with E-state index in [1.807, 2.05) is 16.8 Å². The number of hydrogen-bond acceptors (Lipinski definition) is 2. The normalized spacial score (nSPS) is 16.4. The Bertz CT molecular complexity index is 422. The molecule has 0 aromatic carbocycles. The Balaban J connectivity index is 2.14. The van der Waals surface area contributed by atoms with Gasteiger partial charge >= 0.3 is 0 Å². The minimum atomic E-state index is 0.0501. The van der Waals surface area contributed by atoms with Crippen molar-refractivity contribution in [1.82, 2.24) is 9.47 Å². The summed E-state index contributed by atoms with van der Waals surface area (Å²) >= 11 is 3.40. The molecule has 1 saturated heterocycles. The van der Waals surface area contributed by atoms with E-state index in [2.05, 4.69) is 29.8 Å². The van der Waals surface area contributed by atoms with E-state index in [-0.39, 0.29) is 24.5 Å². The molecule has 2 rings (SSSR count). The van der Waals surface area contributed by atoms with Gasteiger partial charge in [-0.05, 0) is 35.8 Å². The van der Waals surface area contributed by atoms with Gasteiger partial charge in [-0.25, -0.2) is 0 Å². The van der Waals surface area contributed by atoms with Gasteiger partial charge < -0.3 is 14.6 Å². The van der Waals surface area contributed by atoms with E-state index in [1.165, 1.54) is 0 Å². The lowest BCUT2D eigenvalue weighted by Gasteiger charge is -2.38. The molecule has 0 aliphatic carbocycles. The smallest absolute Gasteiger partial charge is 0.270 e. The fourth-order valence-electron chi connectivity index (χ4n) is 2.06. The zero-order valence-corrected chi connectivity index (χ0v) is 11.6. The van der Waals surface area contributed by atoms with Crippen LogP contribution in [-0.4, -0.2) is 40.2 Å². The third-order valence-corrected chi connectivity index (χ3v) is 3.53. The molecule has 0 spiro atoms. The highest BCUT2D eigenvalue weighted by atomic mass is 79.9. The second kappa shape index (κ2) is 4.82. The molecule has 0 bridgehead atoms. The lowest BCUT2D eigenvalue weighted by molar-refractivity contribution is 0.0351. The van der Waals surface area contributed by atoms with Crippen molar-refractivity contribution < 1.29 is 9.90 Å². The number of amides is 1. The number of halogens is 1. The van der Waals surface area contributed by atoms with E-state index >= 15 is 0 Å². The minimum Gasteiger partial charge on any atom is -0.396 e. The molecule has 0 saturated carbocycles. The third-order valence-electron chi connectivity index (χ3n) is 3.09. The van der Waals surface area contributed by atoms with Crippen LogP contribution in [0.15, 0.2) is 16.7 Å². The molecule has 1 aliphatic heterocycles. The van der Waals surface area contributed by atoms with Crippen LogP contribution in [0.2, 0.25) is 0 Å². The molecule has 1 N–H and O–H groups in total.